The molecule has 7 heteroatoms. The van der Waals surface area contributed by atoms with Crippen molar-refractivity contribution in [2.45, 2.75) is 12.5 Å². The lowest BCUT2D eigenvalue weighted by Crippen LogP contribution is -2.43. The summed E-state index contributed by atoms with van der Waals surface area (Å²) >= 11 is 0. The van der Waals surface area contributed by atoms with Crippen LogP contribution in [0.2, 0.25) is 0 Å². The molecule has 18 heavy (non-hydrogen) atoms. The molecule has 1 unspecified atom stereocenters. The van der Waals surface area contributed by atoms with Gasteiger partial charge in [0.2, 0.25) is 5.91 Å². The van der Waals surface area contributed by atoms with Gasteiger partial charge in [-0.05, 0) is 24.3 Å². The molecule has 1 aromatic carbocycles. The van der Waals surface area contributed by atoms with Crippen LogP contribution in [-0.2, 0) is 9.59 Å². The maximum atomic E-state index is 11.7. The molecule has 1 atom stereocenters. The van der Waals surface area contributed by atoms with E-state index in [1.54, 1.807) is 0 Å². The summed E-state index contributed by atoms with van der Waals surface area (Å²) in [6, 6.07) is 4.59. The van der Waals surface area contributed by atoms with Crippen LogP contribution in [0.4, 0.5) is 5.69 Å². The van der Waals surface area contributed by atoms with E-state index in [1.807, 2.05) is 0 Å². The molecule has 0 radical (unpaired) electrons. The number of carbonyl (C=O) groups is 3. The van der Waals surface area contributed by atoms with Crippen molar-refractivity contribution in [2.24, 2.45) is 5.73 Å². The van der Waals surface area contributed by atoms with Crippen molar-refractivity contribution in [3.05, 3.63) is 29.8 Å². The lowest BCUT2D eigenvalue weighted by atomic mass is 10.1. The molecule has 1 rings (SSSR count). The third-order valence-corrected chi connectivity index (χ3v) is 2.18. The van der Waals surface area contributed by atoms with E-state index >= 15 is 0 Å². The number of anilines is 1. The number of aliphatic carboxylic acids is 1. The second-order valence-corrected chi connectivity index (χ2v) is 3.66. The molecule has 0 aliphatic rings. The Labute approximate surface area is 103 Å². The Morgan fingerprint density at radius 1 is 1.22 bits per heavy atom. The number of primary amides is 1. The maximum Gasteiger partial charge on any atom is 0.326 e. The number of nitrogen functional groups attached to an aromatic ring is 1. The molecule has 0 aromatic heterocycles. The Hall–Kier alpha value is -2.57. The summed E-state index contributed by atoms with van der Waals surface area (Å²) in [4.78, 5) is 33.2. The second kappa shape index (κ2) is 5.67. The molecule has 1 aromatic rings. The largest absolute Gasteiger partial charge is 0.480 e. The van der Waals surface area contributed by atoms with Gasteiger partial charge >= 0.3 is 5.97 Å². The zero-order valence-electron chi connectivity index (χ0n) is 9.42. The number of benzene rings is 1. The summed E-state index contributed by atoms with van der Waals surface area (Å²) in [5, 5.41) is 11.0. The molecule has 0 heterocycles. The number of carboxylic acid groups (broad SMARTS) is 1. The summed E-state index contributed by atoms with van der Waals surface area (Å²) in [6.07, 6.45) is -0.462. The maximum absolute atomic E-state index is 11.7. The first-order chi connectivity index (χ1) is 8.40. The average molecular weight is 251 g/mol. The molecule has 0 aliphatic heterocycles. The molecule has 7 nitrogen and oxygen atoms in total. The number of rotatable bonds is 5. The monoisotopic (exact) mass is 251 g/mol. The lowest BCUT2D eigenvalue weighted by Gasteiger charge is -2.12. The zero-order valence-corrected chi connectivity index (χ0v) is 9.42. The van der Waals surface area contributed by atoms with Crippen molar-refractivity contribution < 1.29 is 19.5 Å². The fourth-order valence-corrected chi connectivity index (χ4v) is 1.28. The molecule has 2 amide bonds. The van der Waals surface area contributed by atoms with Gasteiger partial charge in [0, 0.05) is 11.3 Å². The predicted octanol–water partition coefficient (Wildman–Crippen LogP) is -0.673. The Morgan fingerprint density at radius 2 is 1.78 bits per heavy atom. The van der Waals surface area contributed by atoms with Gasteiger partial charge in [-0.25, -0.2) is 4.79 Å². The quantitative estimate of drug-likeness (QED) is 0.514. The first-order valence-electron chi connectivity index (χ1n) is 5.07. The van der Waals surface area contributed by atoms with Crippen LogP contribution >= 0.6 is 0 Å². The fourth-order valence-electron chi connectivity index (χ4n) is 1.28. The normalized spacial score (nSPS) is 11.6. The van der Waals surface area contributed by atoms with Gasteiger partial charge in [0.1, 0.15) is 6.04 Å². The minimum atomic E-state index is -1.34. The topological polar surface area (TPSA) is 136 Å². The predicted molar refractivity (Wildman–Crippen MR) is 63.6 cm³/mol. The van der Waals surface area contributed by atoms with Crippen molar-refractivity contribution in [3.8, 4) is 0 Å². The number of hydrogen-bond donors (Lipinski definition) is 4. The second-order valence-electron chi connectivity index (χ2n) is 3.66. The third-order valence-electron chi connectivity index (χ3n) is 2.18. The molecular formula is C11H13N3O4. The molecule has 0 fully saturated rings. The molecule has 0 saturated carbocycles. The van der Waals surface area contributed by atoms with E-state index in [0.717, 1.165) is 0 Å². The van der Waals surface area contributed by atoms with E-state index in [2.05, 4.69) is 5.32 Å². The van der Waals surface area contributed by atoms with Crippen LogP contribution < -0.4 is 16.8 Å². The third kappa shape index (κ3) is 3.78. The number of nitrogens with one attached hydrogen (secondary N) is 1. The van der Waals surface area contributed by atoms with E-state index < -0.39 is 30.2 Å². The fraction of sp³-hybridized carbons (Fsp3) is 0.182. The number of carbonyl (C=O) groups excluding carboxylic acids is 2. The summed E-state index contributed by atoms with van der Waals surface area (Å²) in [5.74, 6) is -2.73. The van der Waals surface area contributed by atoms with Crippen molar-refractivity contribution in [3.63, 3.8) is 0 Å². The van der Waals surface area contributed by atoms with E-state index in [1.165, 1.54) is 24.3 Å². The van der Waals surface area contributed by atoms with Gasteiger partial charge in [-0.2, -0.15) is 0 Å². The lowest BCUT2D eigenvalue weighted by molar-refractivity contribution is -0.140. The summed E-state index contributed by atoms with van der Waals surface area (Å²) in [7, 11) is 0. The highest BCUT2D eigenvalue weighted by Crippen LogP contribution is 2.06. The minimum Gasteiger partial charge on any atom is -0.480 e. The van der Waals surface area contributed by atoms with Crippen LogP contribution in [-0.4, -0.2) is 28.9 Å². The van der Waals surface area contributed by atoms with Crippen molar-refractivity contribution in [1.82, 2.24) is 5.32 Å². The molecule has 0 spiro atoms. The molecular weight excluding hydrogens is 238 g/mol. The van der Waals surface area contributed by atoms with Crippen LogP contribution in [0.15, 0.2) is 24.3 Å². The van der Waals surface area contributed by atoms with Crippen molar-refractivity contribution in [1.29, 1.82) is 0 Å². The number of hydrogen-bond acceptors (Lipinski definition) is 4. The Kier molecular flexibility index (Phi) is 4.25. The van der Waals surface area contributed by atoms with Crippen LogP contribution in [0.5, 0.6) is 0 Å². The Bertz CT molecular complexity index is 470. The first kappa shape index (κ1) is 13.5. The molecule has 0 saturated heterocycles. The van der Waals surface area contributed by atoms with Crippen LogP contribution in [0.3, 0.4) is 0 Å². The van der Waals surface area contributed by atoms with Crippen LogP contribution in [0.25, 0.3) is 0 Å². The van der Waals surface area contributed by atoms with Crippen LogP contribution in [0, 0.1) is 0 Å². The summed E-state index contributed by atoms with van der Waals surface area (Å²) in [5.41, 5.74) is 11.1. The molecule has 96 valence electrons. The highest BCUT2D eigenvalue weighted by Gasteiger charge is 2.22. The summed E-state index contributed by atoms with van der Waals surface area (Å²) < 4.78 is 0. The number of amides is 2. The van der Waals surface area contributed by atoms with Gasteiger partial charge in [0.05, 0.1) is 6.42 Å². The van der Waals surface area contributed by atoms with Gasteiger partial charge in [-0.1, -0.05) is 0 Å². The molecule has 0 bridgehead atoms. The zero-order chi connectivity index (χ0) is 13.7. The van der Waals surface area contributed by atoms with E-state index in [9.17, 15) is 14.4 Å². The van der Waals surface area contributed by atoms with Gasteiger partial charge in [0.25, 0.3) is 5.91 Å². The first-order valence-corrected chi connectivity index (χ1v) is 5.07. The van der Waals surface area contributed by atoms with E-state index in [4.69, 9.17) is 16.6 Å². The smallest absolute Gasteiger partial charge is 0.326 e. The highest BCUT2D eigenvalue weighted by molar-refractivity contribution is 5.97. The number of carboxylic acids is 1. The minimum absolute atomic E-state index is 0.250. The van der Waals surface area contributed by atoms with Gasteiger partial charge in [-0.15, -0.1) is 0 Å². The highest BCUT2D eigenvalue weighted by atomic mass is 16.4. The van der Waals surface area contributed by atoms with E-state index in [0.29, 0.717) is 5.69 Å². The Balaban J connectivity index is 2.75. The Morgan fingerprint density at radius 3 is 2.22 bits per heavy atom. The van der Waals surface area contributed by atoms with Crippen molar-refractivity contribution >= 4 is 23.5 Å². The van der Waals surface area contributed by atoms with Crippen LogP contribution in [0.1, 0.15) is 16.8 Å². The van der Waals surface area contributed by atoms with Crippen molar-refractivity contribution in [2.75, 3.05) is 5.73 Å². The standard InChI is InChI=1S/C11H13N3O4/c12-7-3-1-6(2-4-7)10(16)14-8(11(17)18)5-9(13)15/h1-4,8H,5,12H2,(H2,13,15)(H,14,16)(H,17,18). The molecule has 6 N–H and O–H groups in total. The van der Waals surface area contributed by atoms with E-state index in [-0.39, 0.29) is 5.56 Å². The van der Waals surface area contributed by atoms with Gasteiger partial charge < -0.3 is 21.9 Å². The van der Waals surface area contributed by atoms with Gasteiger partial charge in [-0.3, -0.25) is 9.59 Å². The molecule has 0 aliphatic carbocycles. The summed E-state index contributed by atoms with van der Waals surface area (Å²) in [6.45, 7) is 0. The van der Waals surface area contributed by atoms with Gasteiger partial charge in [0.15, 0.2) is 0 Å². The SMILES string of the molecule is NC(=O)CC(NC(=O)c1ccc(N)cc1)C(=O)O. The number of nitrogens with two attached hydrogens (primary N) is 2. The average Bonchev–Trinajstić information content (AvgIpc) is 2.28.